The van der Waals surface area contributed by atoms with Crippen molar-refractivity contribution in [1.29, 1.82) is 0 Å². The van der Waals surface area contributed by atoms with E-state index in [2.05, 4.69) is 26.2 Å². The molecule has 0 aliphatic carbocycles. The molecular weight excluding hydrogens is 258 g/mol. The Kier molecular flexibility index (Phi) is 3.33. The molecule has 80 valence electrons. The first-order valence-electron chi connectivity index (χ1n) is 4.79. The van der Waals surface area contributed by atoms with Gasteiger partial charge >= 0.3 is 0 Å². The minimum absolute atomic E-state index is 0.745. The lowest BCUT2D eigenvalue weighted by Gasteiger charge is -2.01. The number of aryl methyl sites for hydroxylation is 1. The SMILES string of the molecule is COCCCn1nnc2ccc(Br)cc21. The Morgan fingerprint density at radius 1 is 1.47 bits per heavy atom. The summed E-state index contributed by atoms with van der Waals surface area (Å²) in [6.07, 6.45) is 0.946. The van der Waals surface area contributed by atoms with Gasteiger partial charge in [0.15, 0.2) is 0 Å². The fourth-order valence-electron chi connectivity index (χ4n) is 1.46. The topological polar surface area (TPSA) is 39.9 Å². The number of hydrogen-bond acceptors (Lipinski definition) is 3. The number of methoxy groups -OCH3 is 1. The van der Waals surface area contributed by atoms with E-state index in [1.54, 1.807) is 7.11 Å². The van der Waals surface area contributed by atoms with Gasteiger partial charge in [-0.25, -0.2) is 4.68 Å². The lowest BCUT2D eigenvalue weighted by Crippen LogP contribution is -2.03. The second kappa shape index (κ2) is 4.72. The Balaban J connectivity index is 2.23. The molecule has 1 heterocycles. The highest BCUT2D eigenvalue weighted by Crippen LogP contribution is 2.17. The van der Waals surface area contributed by atoms with Crippen LogP contribution in [0, 0.1) is 0 Å². The van der Waals surface area contributed by atoms with E-state index in [4.69, 9.17) is 4.74 Å². The zero-order valence-corrected chi connectivity index (χ0v) is 10.1. The molecule has 0 aliphatic heterocycles. The van der Waals surface area contributed by atoms with Gasteiger partial charge in [-0.15, -0.1) is 5.10 Å². The molecule has 5 heteroatoms. The molecule has 1 aromatic carbocycles. The molecule has 15 heavy (non-hydrogen) atoms. The third kappa shape index (κ3) is 2.35. The minimum Gasteiger partial charge on any atom is -0.385 e. The van der Waals surface area contributed by atoms with Gasteiger partial charge in [-0.1, -0.05) is 21.1 Å². The summed E-state index contributed by atoms with van der Waals surface area (Å²) in [5, 5.41) is 8.19. The molecule has 0 fully saturated rings. The molecule has 0 N–H and O–H groups in total. The van der Waals surface area contributed by atoms with Gasteiger partial charge in [0.25, 0.3) is 0 Å². The number of hydrogen-bond donors (Lipinski definition) is 0. The van der Waals surface area contributed by atoms with Gasteiger partial charge in [0.1, 0.15) is 5.52 Å². The predicted molar refractivity (Wildman–Crippen MR) is 61.7 cm³/mol. The largest absolute Gasteiger partial charge is 0.385 e. The molecule has 0 saturated heterocycles. The molecule has 0 bridgehead atoms. The van der Waals surface area contributed by atoms with Crippen LogP contribution in [0.1, 0.15) is 6.42 Å². The molecule has 2 aromatic rings. The van der Waals surface area contributed by atoms with E-state index in [1.165, 1.54) is 0 Å². The first kappa shape index (κ1) is 10.6. The average Bonchev–Trinajstić information content (AvgIpc) is 2.62. The van der Waals surface area contributed by atoms with Gasteiger partial charge in [0.05, 0.1) is 5.52 Å². The predicted octanol–water partition coefficient (Wildman–Crippen LogP) is 2.23. The molecule has 0 saturated carbocycles. The maximum atomic E-state index is 5.01. The van der Waals surface area contributed by atoms with Crippen molar-refractivity contribution < 1.29 is 4.74 Å². The summed E-state index contributed by atoms with van der Waals surface area (Å²) in [7, 11) is 1.70. The van der Waals surface area contributed by atoms with Crippen molar-refractivity contribution in [3.63, 3.8) is 0 Å². The van der Waals surface area contributed by atoms with Crippen molar-refractivity contribution in [2.75, 3.05) is 13.7 Å². The van der Waals surface area contributed by atoms with Crippen molar-refractivity contribution in [3.8, 4) is 0 Å². The van der Waals surface area contributed by atoms with Crippen LogP contribution >= 0.6 is 15.9 Å². The highest BCUT2D eigenvalue weighted by Gasteiger charge is 2.03. The van der Waals surface area contributed by atoms with Crippen LogP contribution < -0.4 is 0 Å². The summed E-state index contributed by atoms with van der Waals surface area (Å²) in [6.45, 7) is 1.58. The Hall–Kier alpha value is -0.940. The highest BCUT2D eigenvalue weighted by atomic mass is 79.9. The van der Waals surface area contributed by atoms with E-state index in [0.717, 1.165) is 35.1 Å². The van der Waals surface area contributed by atoms with E-state index < -0.39 is 0 Å². The fourth-order valence-corrected chi connectivity index (χ4v) is 1.81. The van der Waals surface area contributed by atoms with Crippen LogP contribution in [0.15, 0.2) is 22.7 Å². The number of rotatable bonds is 4. The van der Waals surface area contributed by atoms with Crippen molar-refractivity contribution in [2.24, 2.45) is 0 Å². The van der Waals surface area contributed by atoms with Gasteiger partial charge in [0, 0.05) is 24.7 Å². The van der Waals surface area contributed by atoms with E-state index in [-0.39, 0.29) is 0 Å². The summed E-state index contributed by atoms with van der Waals surface area (Å²) in [6, 6.07) is 5.96. The quantitative estimate of drug-likeness (QED) is 0.800. The van der Waals surface area contributed by atoms with E-state index in [9.17, 15) is 0 Å². The van der Waals surface area contributed by atoms with Gasteiger partial charge in [-0.3, -0.25) is 0 Å². The van der Waals surface area contributed by atoms with Crippen LogP contribution in [-0.2, 0) is 11.3 Å². The number of halogens is 1. The van der Waals surface area contributed by atoms with E-state index in [1.807, 2.05) is 22.9 Å². The van der Waals surface area contributed by atoms with E-state index >= 15 is 0 Å². The Labute approximate surface area is 96.3 Å². The maximum Gasteiger partial charge on any atom is 0.113 e. The smallest absolute Gasteiger partial charge is 0.113 e. The molecule has 4 nitrogen and oxygen atoms in total. The third-order valence-corrected chi connectivity index (χ3v) is 2.69. The third-order valence-electron chi connectivity index (χ3n) is 2.19. The van der Waals surface area contributed by atoms with E-state index in [0.29, 0.717) is 0 Å². The van der Waals surface area contributed by atoms with Crippen molar-refractivity contribution in [3.05, 3.63) is 22.7 Å². The van der Waals surface area contributed by atoms with Gasteiger partial charge < -0.3 is 4.74 Å². The normalized spacial score (nSPS) is 11.1. The van der Waals surface area contributed by atoms with Crippen LogP contribution in [0.3, 0.4) is 0 Å². The molecule has 0 radical (unpaired) electrons. The number of ether oxygens (including phenoxy) is 1. The first-order chi connectivity index (χ1) is 7.31. The number of nitrogens with zero attached hydrogens (tertiary/aromatic N) is 3. The molecule has 1 aromatic heterocycles. The Morgan fingerprint density at radius 3 is 3.13 bits per heavy atom. The molecule has 0 unspecified atom stereocenters. The Bertz CT molecular complexity index is 455. The summed E-state index contributed by atoms with van der Waals surface area (Å²) < 4.78 is 7.95. The molecule has 0 aliphatic rings. The average molecular weight is 270 g/mol. The van der Waals surface area contributed by atoms with Crippen molar-refractivity contribution in [2.45, 2.75) is 13.0 Å². The monoisotopic (exact) mass is 269 g/mol. The minimum atomic E-state index is 0.745. The lowest BCUT2D eigenvalue weighted by molar-refractivity contribution is 0.189. The first-order valence-corrected chi connectivity index (χ1v) is 5.58. The zero-order valence-electron chi connectivity index (χ0n) is 8.48. The molecule has 0 spiro atoms. The summed E-state index contributed by atoms with van der Waals surface area (Å²) in [5.41, 5.74) is 1.98. The van der Waals surface area contributed by atoms with Gasteiger partial charge in [-0.05, 0) is 24.6 Å². The van der Waals surface area contributed by atoms with Crippen LogP contribution in [0.2, 0.25) is 0 Å². The fraction of sp³-hybridized carbons (Fsp3) is 0.400. The molecule has 2 rings (SSSR count). The van der Waals surface area contributed by atoms with Crippen molar-refractivity contribution >= 4 is 27.0 Å². The zero-order chi connectivity index (χ0) is 10.7. The van der Waals surface area contributed by atoms with Crippen LogP contribution in [-0.4, -0.2) is 28.7 Å². The van der Waals surface area contributed by atoms with Gasteiger partial charge in [-0.2, -0.15) is 0 Å². The Morgan fingerprint density at radius 2 is 2.33 bits per heavy atom. The van der Waals surface area contributed by atoms with Crippen molar-refractivity contribution in [1.82, 2.24) is 15.0 Å². The summed E-state index contributed by atoms with van der Waals surface area (Å²) in [4.78, 5) is 0. The maximum absolute atomic E-state index is 5.01. The molecule has 0 amide bonds. The second-order valence-electron chi connectivity index (χ2n) is 3.29. The second-order valence-corrected chi connectivity index (χ2v) is 4.21. The van der Waals surface area contributed by atoms with Crippen LogP contribution in [0.4, 0.5) is 0 Å². The van der Waals surface area contributed by atoms with Gasteiger partial charge in [0.2, 0.25) is 0 Å². The molecular formula is C10H12BrN3O. The number of fused-ring (bicyclic) bond motifs is 1. The lowest BCUT2D eigenvalue weighted by atomic mass is 10.3. The number of aromatic nitrogens is 3. The molecule has 0 atom stereocenters. The highest BCUT2D eigenvalue weighted by molar-refractivity contribution is 9.10. The standard InChI is InChI=1S/C10H12BrN3O/c1-15-6-2-5-14-10-7-8(11)3-4-9(10)12-13-14/h3-4,7H,2,5-6H2,1H3. The number of benzene rings is 1. The van der Waals surface area contributed by atoms with Crippen LogP contribution in [0.5, 0.6) is 0 Å². The summed E-state index contributed by atoms with van der Waals surface area (Å²) in [5.74, 6) is 0. The van der Waals surface area contributed by atoms with Crippen LogP contribution in [0.25, 0.3) is 11.0 Å². The summed E-state index contributed by atoms with van der Waals surface area (Å²) >= 11 is 3.44.